The first-order chi connectivity index (χ1) is 20.6. The van der Waals surface area contributed by atoms with Crippen LogP contribution in [0.1, 0.15) is 47.1 Å². The standard InChI is InChI=1S/C32H35N5O6/c1-20-7-6-10-25(15-20)26-16-27(37(18-26)32(41)42)30(39)35-21(2)29(38)34-17-22-11-13-24(14-12-22)28(33)36-31(40)43-19-23-8-4-3-5-9-23/h3-15,21,26-27H,16-19H2,1-2H3,(H,34,38)(H,35,39)(H,41,42)(H2,33,36,40)/t21-,26-,27+/m0/s1. The number of ether oxygens (including phenoxy) is 1. The van der Waals surface area contributed by atoms with E-state index in [2.05, 4.69) is 16.0 Å². The van der Waals surface area contributed by atoms with Gasteiger partial charge in [-0.05, 0) is 37.0 Å². The van der Waals surface area contributed by atoms with Gasteiger partial charge in [-0.1, -0.05) is 84.4 Å². The minimum Gasteiger partial charge on any atom is -0.465 e. The minimum absolute atomic E-state index is 0.0872. The van der Waals surface area contributed by atoms with Gasteiger partial charge in [-0.3, -0.25) is 25.2 Å². The Bertz CT molecular complexity index is 1480. The molecular formula is C32H35N5O6. The van der Waals surface area contributed by atoms with Crippen molar-refractivity contribution in [3.8, 4) is 0 Å². The van der Waals surface area contributed by atoms with E-state index in [1.807, 2.05) is 61.5 Å². The normalized spacial score (nSPS) is 16.6. The quantitative estimate of drug-likeness (QED) is 0.189. The maximum absolute atomic E-state index is 13.0. The largest absolute Gasteiger partial charge is 0.465 e. The summed E-state index contributed by atoms with van der Waals surface area (Å²) in [4.78, 5) is 50.8. The molecule has 0 aliphatic carbocycles. The Labute approximate surface area is 249 Å². The van der Waals surface area contributed by atoms with Crippen LogP contribution in [-0.2, 0) is 27.5 Å². The molecule has 0 unspecified atom stereocenters. The number of carbonyl (C=O) groups is 4. The molecule has 0 bridgehead atoms. The molecule has 11 nitrogen and oxygen atoms in total. The second kappa shape index (κ2) is 14.1. The molecule has 43 heavy (non-hydrogen) atoms. The van der Waals surface area contributed by atoms with Crippen LogP contribution in [0.3, 0.4) is 0 Å². The summed E-state index contributed by atoms with van der Waals surface area (Å²) >= 11 is 0. The predicted octanol–water partition coefficient (Wildman–Crippen LogP) is 3.90. The van der Waals surface area contributed by atoms with Gasteiger partial charge in [0.15, 0.2) is 0 Å². The molecule has 224 valence electrons. The van der Waals surface area contributed by atoms with Crippen molar-refractivity contribution >= 4 is 29.8 Å². The Balaban J connectivity index is 1.24. The van der Waals surface area contributed by atoms with Crippen molar-refractivity contribution in [2.45, 2.75) is 51.4 Å². The first kappa shape index (κ1) is 30.8. The molecular weight excluding hydrogens is 550 g/mol. The number of likely N-dealkylation sites (tertiary alicyclic amines) is 1. The Morgan fingerprint density at radius 3 is 2.40 bits per heavy atom. The summed E-state index contributed by atoms with van der Waals surface area (Å²) in [5, 5.41) is 25.6. The summed E-state index contributed by atoms with van der Waals surface area (Å²) in [6.45, 7) is 3.96. The molecule has 1 heterocycles. The highest BCUT2D eigenvalue weighted by Crippen LogP contribution is 2.32. The van der Waals surface area contributed by atoms with Gasteiger partial charge in [0.2, 0.25) is 11.8 Å². The zero-order valence-corrected chi connectivity index (χ0v) is 24.0. The summed E-state index contributed by atoms with van der Waals surface area (Å²) in [5.74, 6) is -1.19. The van der Waals surface area contributed by atoms with Crippen LogP contribution in [0.25, 0.3) is 0 Å². The van der Waals surface area contributed by atoms with Crippen molar-refractivity contribution in [2.24, 2.45) is 0 Å². The molecule has 3 aromatic rings. The summed E-state index contributed by atoms with van der Waals surface area (Å²) in [5.41, 5.74) is 4.06. The zero-order valence-electron chi connectivity index (χ0n) is 24.0. The molecule has 1 saturated heterocycles. The fourth-order valence-electron chi connectivity index (χ4n) is 4.90. The van der Waals surface area contributed by atoms with Crippen LogP contribution >= 0.6 is 0 Å². The number of carboxylic acid groups (broad SMARTS) is 1. The van der Waals surface area contributed by atoms with Crippen LogP contribution in [-0.4, -0.2) is 58.5 Å². The van der Waals surface area contributed by atoms with Crippen molar-refractivity contribution in [1.29, 1.82) is 5.41 Å². The molecule has 1 fully saturated rings. The molecule has 3 aromatic carbocycles. The van der Waals surface area contributed by atoms with Crippen LogP contribution in [0.5, 0.6) is 0 Å². The third-order valence-electron chi connectivity index (χ3n) is 7.26. The average Bonchev–Trinajstić information content (AvgIpc) is 3.46. The van der Waals surface area contributed by atoms with Gasteiger partial charge in [0.1, 0.15) is 24.5 Å². The van der Waals surface area contributed by atoms with E-state index < -0.39 is 36.1 Å². The fraction of sp³-hybridized carbons (Fsp3) is 0.281. The molecule has 0 spiro atoms. The van der Waals surface area contributed by atoms with Gasteiger partial charge in [-0.2, -0.15) is 0 Å². The van der Waals surface area contributed by atoms with Crippen molar-refractivity contribution in [3.63, 3.8) is 0 Å². The molecule has 1 aliphatic heterocycles. The van der Waals surface area contributed by atoms with E-state index >= 15 is 0 Å². The van der Waals surface area contributed by atoms with Gasteiger partial charge in [0.25, 0.3) is 0 Å². The van der Waals surface area contributed by atoms with Crippen molar-refractivity contribution < 1.29 is 29.0 Å². The third kappa shape index (κ3) is 8.41. The lowest BCUT2D eigenvalue weighted by Crippen LogP contribution is -2.51. The summed E-state index contributed by atoms with van der Waals surface area (Å²) in [7, 11) is 0. The molecule has 0 aromatic heterocycles. The number of hydrogen-bond donors (Lipinski definition) is 5. The van der Waals surface area contributed by atoms with E-state index in [0.29, 0.717) is 12.0 Å². The number of rotatable bonds is 9. The van der Waals surface area contributed by atoms with Crippen molar-refractivity contribution in [1.82, 2.24) is 20.9 Å². The average molecular weight is 586 g/mol. The molecule has 0 saturated carbocycles. The second-order valence-corrected chi connectivity index (χ2v) is 10.5. The van der Waals surface area contributed by atoms with Gasteiger partial charge < -0.3 is 20.5 Å². The lowest BCUT2D eigenvalue weighted by molar-refractivity contribution is -0.130. The smallest absolute Gasteiger partial charge is 0.413 e. The summed E-state index contributed by atoms with van der Waals surface area (Å²) in [6.07, 6.45) is -1.59. The maximum Gasteiger partial charge on any atom is 0.413 e. The number of nitrogens with zero attached hydrogens (tertiary/aromatic N) is 1. The molecule has 4 rings (SSSR count). The van der Waals surface area contributed by atoms with E-state index in [1.165, 1.54) is 6.92 Å². The number of alkyl carbamates (subject to hydrolysis) is 1. The van der Waals surface area contributed by atoms with Crippen LogP contribution in [0, 0.1) is 12.3 Å². The first-order valence-electron chi connectivity index (χ1n) is 13.9. The highest BCUT2D eigenvalue weighted by Gasteiger charge is 2.40. The Morgan fingerprint density at radius 2 is 1.72 bits per heavy atom. The van der Waals surface area contributed by atoms with Gasteiger partial charge in [0, 0.05) is 24.6 Å². The monoisotopic (exact) mass is 585 g/mol. The highest BCUT2D eigenvalue weighted by atomic mass is 16.5. The fourth-order valence-corrected chi connectivity index (χ4v) is 4.90. The minimum atomic E-state index is -1.18. The Hall–Kier alpha value is -5.19. The van der Waals surface area contributed by atoms with Gasteiger partial charge in [0.05, 0.1) is 0 Å². The number of hydrogen-bond acceptors (Lipinski definition) is 6. The lowest BCUT2D eigenvalue weighted by Gasteiger charge is -2.22. The van der Waals surface area contributed by atoms with Crippen LogP contribution in [0.4, 0.5) is 9.59 Å². The summed E-state index contributed by atoms with van der Waals surface area (Å²) in [6, 6.07) is 21.9. The molecule has 4 amide bonds. The second-order valence-electron chi connectivity index (χ2n) is 10.5. The topological polar surface area (TPSA) is 161 Å². The first-order valence-corrected chi connectivity index (χ1v) is 13.9. The lowest BCUT2D eigenvalue weighted by atomic mass is 9.95. The Morgan fingerprint density at radius 1 is 1.00 bits per heavy atom. The van der Waals surface area contributed by atoms with Gasteiger partial charge in [-0.15, -0.1) is 0 Å². The van der Waals surface area contributed by atoms with Crippen molar-refractivity contribution in [3.05, 3.63) is 107 Å². The van der Waals surface area contributed by atoms with Crippen LogP contribution in [0.2, 0.25) is 0 Å². The van der Waals surface area contributed by atoms with Crippen LogP contribution < -0.4 is 16.0 Å². The predicted molar refractivity (Wildman–Crippen MR) is 160 cm³/mol. The van der Waals surface area contributed by atoms with Crippen molar-refractivity contribution in [2.75, 3.05) is 6.54 Å². The number of nitrogens with one attached hydrogen (secondary N) is 4. The molecule has 1 aliphatic rings. The van der Waals surface area contributed by atoms with E-state index in [-0.39, 0.29) is 31.4 Å². The van der Waals surface area contributed by atoms with Gasteiger partial charge in [-0.25, -0.2) is 9.59 Å². The van der Waals surface area contributed by atoms with E-state index in [9.17, 15) is 24.3 Å². The number of amides is 4. The summed E-state index contributed by atoms with van der Waals surface area (Å²) < 4.78 is 5.14. The molecule has 11 heteroatoms. The number of aryl methyl sites for hydroxylation is 1. The molecule has 5 N–H and O–H groups in total. The highest BCUT2D eigenvalue weighted by molar-refractivity contribution is 6.04. The number of benzene rings is 3. The van der Waals surface area contributed by atoms with Crippen LogP contribution in [0.15, 0.2) is 78.9 Å². The van der Waals surface area contributed by atoms with E-state index in [1.54, 1.807) is 24.3 Å². The van der Waals surface area contributed by atoms with Gasteiger partial charge >= 0.3 is 12.2 Å². The van der Waals surface area contributed by atoms with E-state index in [0.717, 1.165) is 27.2 Å². The SMILES string of the molecule is Cc1cccc([C@H]2C[C@H](C(=O)N[C@@H](C)C(=O)NCc3ccc(C(=N)NC(=O)OCc4ccccc4)cc3)N(C(=O)O)C2)c1. The molecule has 3 atom stereocenters. The Kier molecular flexibility index (Phi) is 10.1. The number of amidine groups is 1. The maximum atomic E-state index is 13.0. The number of carbonyl (C=O) groups excluding carboxylic acids is 3. The van der Waals surface area contributed by atoms with E-state index in [4.69, 9.17) is 10.1 Å². The third-order valence-corrected chi connectivity index (χ3v) is 7.26. The molecule has 0 radical (unpaired) electrons. The zero-order chi connectivity index (χ0) is 30.9.